The number of Topliss-reactive ketones (excluding diaryl/α,β-unsaturated/α-hetero) is 1. The lowest BCUT2D eigenvalue weighted by molar-refractivity contribution is -0.113. The highest BCUT2D eigenvalue weighted by Crippen LogP contribution is 2.18. The predicted octanol–water partition coefficient (Wildman–Crippen LogP) is 2.93. The molecule has 0 atom stereocenters. The third kappa shape index (κ3) is 4.66. The molecule has 0 radical (unpaired) electrons. The van der Waals surface area contributed by atoms with Gasteiger partial charge in [0.1, 0.15) is 5.82 Å². The average molecular weight is 332 g/mol. The molecule has 23 heavy (non-hydrogen) atoms. The molecule has 7 heteroatoms. The summed E-state index contributed by atoms with van der Waals surface area (Å²) in [7, 11) is 0. The maximum atomic E-state index is 12.1. The van der Waals surface area contributed by atoms with Crippen LogP contribution in [0.5, 0.6) is 0 Å². The average Bonchev–Trinajstić information content (AvgIpc) is 2.86. The summed E-state index contributed by atoms with van der Waals surface area (Å²) in [5, 5.41) is 11.7. The van der Waals surface area contributed by atoms with E-state index in [4.69, 9.17) is 0 Å². The topological polar surface area (TPSA) is 76.9 Å². The molecule has 0 saturated heterocycles. The van der Waals surface area contributed by atoms with Gasteiger partial charge in [-0.05, 0) is 32.4 Å². The molecule has 2 rings (SSSR count). The normalized spacial score (nSPS) is 10.6. The van der Waals surface area contributed by atoms with Gasteiger partial charge in [0.15, 0.2) is 10.9 Å². The molecule has 1 heterocycles. The van der Waals surface area contributed by atoms with Crippen LogP contribution < -0.4 is 5.32 Å². The number of benzene rings is 1. The number of rotatable bonds is 7. The zero-order valence-corrected chi connectivity index (χ0v) is 14.3. The summed E-state index contributed by atoms with van der Waals surface area (Å²) in [4.78, 5) is 23.4. The molecule has 0 aliphatic rings. The Balaban J connectivity index is 1.95. The summed E-state index contributed by atoms with van der Waals surface area (Å²) in [5.41, 5.74) is 1.20. The lowest BCUT2D eigenvalue weighted by atomic mass is 10.1. The molecular weight excluding hydrogens is 312 g/mol. The highest BCUT2D eigenvalue weighted by molar-refractivity contribution is 7.99. The zero-order chi connectivity index (χ0) is 16.8. The monoisotopic (exact) mass is 332 g/mol. The standard InChI is InChI=1S/C16H20N4O2S/c1-4-8-20-12(3)18-19-16(20)23-10-15(22)17-14-7-5-6-13(9-14)11(2)21/h5-7,9H,4,8,10H2,1-3H3,(H,17,22). The Morgan fingerprint density at radius 1 is 1.30 bits per heavy atom. The van der Waals surface area contributed by atoms with Crippen molar-refractivity contribution in [3.05, 3.63) is 35.7 Å². The second-order valence-electron chi connectivity index (χ2n) is 5.16. The van der Waals surface area contributed by atoms with Crippen LogP contribution in [0.4, 0.5) is 5.69 Å². The number of nitrogens with one attached hydrogen (secondary N) is 1. The van der Waals surface area contributed by atoms with E-state index < -0.39 is 0 Å². The van der Waals surface area contributed by atoms with Gasteiger partial charge in [0.05, 0.1) is 5.75 Å². The predicted molar refractivity (Wildman–Crippen MR) is 90.9 cm³/mol. The summed E-state index contributed by atoms with van der Waals surface area (Å²) in [6.45, 7) is 6.33. The van der Waals surface area contributed by atoms with Crippen LogP contribution in [0.2, 0.25) is 0 Å². The minimum Gasteiger partial charge on any atom is -0.325 e. The van der Waals surface area contributed by atoms with Crippen LogP contribution in [0.15, 0.2) is 29.4 Å². The number of aromatic nitrogens is 3. The van der Waals surface area contributed by atoms with E-state index in [0.717, 1.165) is 23.9 Å². The van der Waals surface area contributed by atoms with E-state index >= 15 is 0 Å². The van der Waals surface area contributed by atoms with Crippen LogP contribution >= 0.6 is 11.8 Å². The maximum Gasteiger partial charge on any atom is 0.234 e. The van der Waals surface area contributed by atoms with Crippen molar-refractivity contribution in [3.63, 3.8) is 0 Å². The van der Waals surface area contributed by atoms with Crippen molar-refractivity contribution in [2.45, 2.75) is 38.9 Å². The third-order valence-electron chi connectivity index (χ3n) is 3.23. The molecule has 6 nitrogen and oxygen atoms in total. The second-order valence-corrected chi connectivity index (χ2v) is 6.10. The van der Waals surface area contributed by atoms with E-state index in [-0.39, 0.29) is 17.4 Å². The molecule has 0 aliphatic carbocycles. The van der Waals surface area contributed by atoms with Crippen LogP contribution in [0.25, 0.3) is 0 Å². The Morgan fingerprint density at radius 3 is 2.78 bits per heavy atom. The third-order valence-corrected chi connectivity index (χ3v) is 4.20. The van der Waals surface area contributed by atoms with Crippen LogP contribution in [0, 0.1) is 6.92 Å². The van der Waals surface area contributed by atoms with Crippen LogP contribution in [0.3, 0.4) is 0 Å². The van der Waals surface area contributed by atoms with Crippen molar-refractivity contribution in [2.24, 2.45) is 0 Å². The summed E-state index contributed by atoms with van der Waals surface area (Å²) in [5.74, 6) is 0.925. The van der Waals surface area contributed by atoms with Gasteiger partial charge in [-0.2, -0.15) is 0 Å². The number of carbonyl (C=O) groups is 2. The first-order chi connectivity index (χ1) is 11.0. The van der Waals surface area contributed by atoms with Gasteiger partial charge in [0.25, 0.3) is 0 Å². The minimum atomic E-state index is -0.139. The SMILES string of the molecule is CCCn1c(C)nnc1SCC(=O)Nc1cccc(C(C)=O)c1. The Bertz CT molecular complexity index is 712. The van der Waals surface area contributed by atoms with Gasteiger partial charge in [-0.3, -0.25) is 9.59 Å². The van der Waals surface area contributed by atoms with Crippen molar-refractivity contribution in [3.8, 4) is 0 Å². The fourth-order valence-corrected chi connectivity index (χ4v) is 2.90. The van der Waals surface area contributed by atoms with Crippen molar-refractivity contribution >= 4 is 29.1 Å². The number of amides is 1. The van der Waals surface area contributed by atoms with Gasteiger partial charge >= 0.3 is 0 Å². The quantitative estimate of drug-likeness (QED) is 0.623. The number of hydrogen-bond donors (Lipinski definition) is 1. The van der Waals surface area contributed by atoms with Crippen LogP contribution in [-0.2, 0) is 11.3 Å². The van der Waals surface area contributed by atoms with E-state index in [1.807, 2.05) is 11.5 Å². The van der Waals surface area contributed by atoms with Crippen molar-refractivity contribution < 1.29 is 9.59 Å². The maximum absolute atomic E-state index is 12.1. The Hall–Kier alpha value is -2.15. The van der Waals surface area contributed by atoms with Gasteiger partial charge in [0, 0.05) is 17.8 Å². The fraction of sp³-hybridized carbons (Fsp3) is 0.375. The first-order valence-electron chi connectivity index (χ1n) is 7.44. The smallest absolute Gasteiger partial charge is 0.234 e. The molecular formula is C16H20N4O2S. The Kier molecular flexibility index (Phi) is 5.92. The minimum absolute atomic E-state index is 0.0291. The number of aryl methyl sites for hydroxylation is 1. The lowest BCUT2D eigenvalue weighted by Crippen LogP contribution is -2.15. The van der Waals surface area contributed by atoms with Gasteiger partial charge in [-0.15, -0.1) is 10.2 Å². The molecule has 0 bridgehead atoms. The van der Waals surface area contributed by atoms with Gasteiger partial charge < -0.3 is 9.88 Å². The Labute approximate surface area is 139 Å². The van der Waals surface area contributed by atoms with E-state index in [9.17, 15) is 9.59 Å². The summed E-state index contributed by atoms with van der Waals surface area (Å²) in [6, 6.07) is 6.91. The number of thioether (sulfide) groups is 1. The molecule has 0 saturated carbocycles. The number of anilines is 1. The molecule has 1 N–H and O–H groups in total. The number of nitrogens with zero attached hydrogens (tertiary/aromatic N) is 3. The van der Waals surface area contributed by atoms with Gasteiger partial charge in [-0.25, -0.2) is 0 Å². The molecule has 0 fully saturated rings. The van der Waals surface area contributed by atoms with Gasteiger partial charge in [0.2, 0.25) is 5.91 Å². The first-order valence-corrected chi connectivity index (χ1v) is 8.43. The number of hydrogen-bond acceptors (Lipinski definition) is 5. The summed E-state index contributed by atoms with van der Waals surface area (Å²) in [6.07, 6.45) is 0.983. The van der Waals surface area contributed by atoms with E-state index in [2.05, 4.69) is 22.4 Å². The molecule has 1 aromatic heterocycles. The highest BCUT2D eigenvalue weighted by atomic mass is 32.2. The number of ketones is 1. The lowest BCUT2D eigenvalue weighted by Gasteiger charge is -2.08. The van der Waals surface area contributed by atoms with Crippen molar-refractivity contribution in [2.75, 3.05) is 11.1 Å². The number of carbonyl (C=O) groups excluding carboxylic acids is 2. The molecule has 0 unspecified atom stereocenters. The van der Waals surface area contributed by atoms with Crippen molar-refractivity contribution in [1.29, 1.82) is 0 Å². The van der Waals surface area contributed by atoms with E-state index in [0.29, 0.717) is 11.3 Å². The first kappa shape index (κ1) is 17.2. The molecule has 2 aromatic rings. The Morgan fingerprint density at radius 2 is 2.09 bits per heavy atom. The largest absolute Gasteiger partial charge is 0.325 e. The molecule has 0 spiro atoms. The summed E-state index contributed by atoms with van der Waals surface area (Å²) < 4.78 is 2.01. The van der Waals surface area contributed by atoms with E-state index in [1.54, 1.807) is 24.3 Å². The summed E-state index contributed by atoms with van der Waals surface area (Å²) >= 11 is 1.36. The highest BCUT2D eigenvalue weighted by Gasteiger charge is 2.11. The van der Waals surface area contributed by atoms with Crippen LogP contribution in [-0.4, -0.2) is 32.2 Å². The van der Waals surface area contributed by atoms with E-state index in [1.165, 1.54) is 18.7 Å². The molecule has 1 amide bonds. The fourth-order valence-electron chi connectivity index (χ4n) is 2.09. The second kappa shape index (κ2) is 7.92. The van der Waals surface area contributed by atoms with Gasteiger partial charge in [-0.1, -0.05) is 30.8 Å². The molecule has 0 aliphatic heterocycles. The van der Waals surface area contributed by atoms with Crippen LogP contribution in [0.1, 0.15) is 36.5 Å². The van der Waals surface area contributed by atoms with Crippen molar-refractivity contribution in [1.82, 2.24) is 14.8 Å². The zero-order valence-electron chi connectivity index (χ0n) is 13.5. The molecule has 1 aromatic carbocycles. The molecule has 122 valence electrons.